The quantitative estimate of drug-likeness (QED) is 0.386. The maximum atomic E-state index is 12.7. The molecule has 5 aromatic rings. The molecule has 0 aliphatic heterocycles. The molecule has 0 saturated carbocycles. The fraction of sp³-hybridized carbons (Fsp3) is 0.0870. The van der Waals surface area contributed by atoms with E-state index in [1.807, 2.05) is 61.5 Å². The highest BCUT2D eigenvalue weighted by molar-refractivity contribution is 6.30. The molecule has 3 aromatic carbocycles. The van der Waals surface area contributed by atoms with Crippen LogP contribution in [0.25, 0.3) is 33.5 Å². The largest absolute Gasteiger partial charge is 0.348 e. The Morgan fingerprint density at radius 3 is 2.80 bits per heavy atom. The van der Waals surface area contributed by atoms with Crippen LogP contribution in [-0.4, -0.2) is 26.1 Å². The number of aromatic amines is 2. The second kappa shape index (κ2) is 7.31. The number of hydrogen-bond donors (Lipinski definition) is 3. The van der Waals surface area contributed by atoms with E-state index in [2.05, 4.69) is 25.5 Å². The first-order chi connectivity index (χ1) is 14.6. The summed E-state index contributed by atoms with van der Waals surface area (Å²) in [5.74, 6) is 0.518. The number of H-pyrrole nitrogens is 2. The summed E-state index contributed by atoms with van der Waals surface area (Å²) in [4.78, 5) is 20.6. The first-order valence-electron chi connectivity index (χ1n) is 9.55. The van der Waals surface area contributed by atoms with Crippen LogP contribution in [0.2, 0.25) is 5.02 Å². The van der Waals surface area contributed by atoms with Crippen molar-refractivity contribution in [3.63, 3.8) is 0 Å². The highest BCUT2D eigenvalue weighted by Crippen LogP contribution is 2.26. The first kappa shape index (κ1) is 18.4. The van der Waals surface area contributed by atoms with E-state index in [1.54, 1.807) is 6.07 Å². The Hall–Kier alpha value is -3.64. The number of imidazole rings is 1. The summed E-state index contributed by atoms with van der Waals surface area (Å²) < 4.78 is 0. The van der Waals surface area contributed by atoms with Crippen molar-refractivity contribution >= 4 is 39.4 Å². The second-order valence-corrected chi connectivity index (χ2v) is 7.63. The van der Waals surface area contributed by atoms with E-state index >= 15 is 0 Å². The number of benzene rings is 3. The third-order valence-corrected chi connectivity index (χ3v) is 5.42. The van der Waals surface area contributed by atoms with Gasteiger partial charge in [0.1, 0.15) is 5.69 Å². The molecule has 6 nitrogen and oxygen atoms in total. The zero-order valence-corrected chi connectivity index (χ0v) is 16.9. The van der Waals surface area contributed by atoms with Gasteiger partial charge in [-0.2, -0.15) is 5.10 Å². The number of nitrogens with one attached hydrogen (secondary N) is 3. The van der Waals surface area contributed by atoms with Gasteiger partial charge in [-0.25, -0.2) is 4.98 Å². The predicted octanol–water partition coefficient (Wildman–Crippen LogP) is 5.00. The molecule has 1 amide bonds. The van der Waals surface area contributed by atoms with Crippen LogP contribution in [0.5, 0.6) is 0 Å². The van der Waals surface area contributed by atoms with E-state index in [-0.39, 0.29) is 5.91 Å². The van der Waals surface area contributed by atoms with E-state index in [1.165, 1.54) is 0 Å². The van der Waals surface area contributed by atoms with Crippen molar-refractivity contribution in [3.8, 4) is 11.5 Å². The monoisotopic (exact) mass is 415 g/mol. The number of aromatic nitrogens is 4. The molecule has 148 valence electrons. The van der Waals surface area contributed by atoms with Gasteiger partial charge >= 0.3 is 0 Å². The van der Waals surface area contributed by atoms with Gasteiger partial charge in [0.25, 0.3) is 5.91 Å². The molecule has 0 radical (unpaired) electrons. The molecule has 7 heteroatoms. The van der Waals surface area contributed by atoms with Gasteiger partial charge < -0.3 is 10.3 Å². The Bertz CT molecular complexity index is 1400. The Morgan fingerprint density at radius 1 is 1.07 bits per heavy atom. The molecule has 2 heterocycles. The van der Waals surface area contributed by atoms with Crippen molar-refractivity contribution in [2.24, 2.45) is 0 Å². The third kappa shape index (κ3) is 3.31. The van der Waals surface area contributed by atoms with Gasteiger partial charge in [0.15, 0.2) is 5.82 Å². The molecular formula is C23H18ClN5O. The van der Waals surface area contributed by atoms with Crippen molar-refractivity contribution in [1.82, 2.24) is 25.5 Å². The van der Waals surface area contributed by atoms with Gasteiger partial charge in [-0.1, -0.05) is 35.9 Å². The average Bonchev–Trinajstić information content (AvgIpc) is 3.36. The van der Waals surface area contributed by atoms with Crippen LogP contribution < -0.4 is 5.32 Å². The normalized spacial score (nSPS) is 11.3. The molecule has 2 aromatic heterocycles. The predicted molar refractivity (Wildman–Crippen MR) is 119 cm³/mol. The molecule has 3 N–H and O–H groups in total. The summed E-state index contributed by atoms with van der Waals surface area (Å²) in [6.07, 6.45) is 0. The lowest BCUT2D eigenvalue weighted by Gasteiger charge is -2.08. The maximum absolute atomic E-state index is 12.7. The van der Waals surface area contributed by atoms with E-state index in [4.69, 9.17) is 11.6 Å². The van der Waals surface area contributed by atoms with Gasteiger partial charge in [-0.05, 0) is 54.4 Å². The molecule has 5 rings (SSSR count). The number of rotatable bonds is 4. The second-order valence-electron chi connectivity index (χ2n) is 7.19. The van der Waals surface area contributed by atoms with Crippen molar-refractivity contribution in [2.75, 3.05) is 0 Å². The van der Waals surface area contributed by atoms with Crippen LogP contribution in [0, 0.1) is 6.92 Å². The number of halogens is 1. The summed E-state index contributed by atoms with van der Waals surface area (Å²) >= 11 is 6.00. The van der Waals surface area contributed by atoms with Crippen molar-refractivity contribution in [1.29, 1.82) is 0 Å². The highest BCUT2D eigenvalue weighted by Gasteiger charge is 2.14. The van der Waals surface area contributed by atoms with Crippen LogP contribution in [0.3, 0.4) is 0 Å². The molecule has 0 bridgehead atoms. The molecule has 0 unspecified atom stereocenters. The summed E-state index contributed by atoms with van der Waals surface area (Å²) in [7, 11) is 0. The van der Waals surface area contributed by atoms with Crippen molar-refractivity contribution < 1.29 is 4.79 Å². The van der Waals surface area contributed by atoms with Gasteiger partial charge in [-0.15, -0.1) is 0 Å². The lowest BCUT2D eigenvalue weighted by atomic mass is 10.1. The zero-order chi connectivity index (χ0) is 20.7. The van der Waals surface area contributed by atoms with Crippen LogP contribution in [0.15, 0.2) is 60.7 Å². The molecule has 0 saturated heterocycles. The minimum absolute atomic E-state index is 0.146. The Morgan fingerprint density at radius 2 is 1.93 bits per heavy atom. The minimum atomic E-state index is -0.146. The topological polar surface area (TPSA) is 86.5 Å². The van der Waals surface area contributed by atoms with Gasteiger partial charge in [0.05, 0.1) is 16.6 Å². The zero-order valence-electron chi connectivity index (χ0n) is 16.2. The molecule has 0 aliphatic carbocycles. The number of aryl methyl sites for hydroxylation is 1. The van der Waals surface area contributed by atoms with Gasteiger partial charge in [-0.3, -0.25) is 9.89 Å². The van der Waals surface area contributed by atoms with Crippen LogP contribution in [0.1, 0.15) is 21.5 Å². The lowest BCUT2D eigenvalue weighted by Crippen LogP contribution is -2.23. The third-order valence-electron chi connectivity index (χ3n) is 5.18. The Labute approximate surface area is 177 Å². The number of amides is 1. The minimum Gasteiger partial charge on any atom is -0.348 e. The summed E-state index contributed by atoms with van der Waals surface area (Å²) in [6.45, 7) is 2.41. The first-order valence-corrected chi connectivity index (χ1v) is 9.93. The standard InChI is InChI=1S/C23H18ClN5O/c1-13-10-16(24)8-6-15(13)12-25-23(30)14-7-9-19-20(11-14)27-22(26-19)21-17-4-2-3-5-18(17)28-29-21/h2-11H,12H2,1H3,(H,25,30)(H,26,27)(H,28,29). The van der Waals surface area contributed by atoms with E-state index < -0.39 is 0 Å². The lowest BCUT2D eigenvalue weighted by molar-refractivity contribution is 0.0951. The molecule has 0 fully saturated rings. The molecule has 0 atom stereocenters. The van der Waals surface area contributed by atoms with E-state index in [9.17, 15) is 4.79 Å². The van der Waals surface area contributed by atoms with Crippen LogP contribution in [-0.2, 0) is 6.54 Å². The van der Waals surface area contributed by atoms with Crippen LogP contribution in [0.4, 0.5) is 0 Å². The van der Waals surface area contributed by atoms with E-state index in [0.29, 0.717) is 23.0 Å². The molecule has 0 aliphatic rings. The maximum Gasteiger partial charge on any atom is 0.251 e. The fourth-order valence-corrected chi connectivity index (χ4v) is 3.77. The average molecular weight is 416 g/mol. The smallest absolute Gasteiger partial charge is 0.251 e. The van der Waals surface area contributed by atoms with Crippen LogP contribution >= 0.6 is 11.6 Å². The molecule has 30 heavy (non-hydrogen) atoms. The summed E-state index contributed by atoms with van der Waals surface area (Å²) in [5.41, 5.74) is 5.91. The number of para-hydroxylation sites is 1. The Balaban J connectivity index is 1.40. The summed E-state index contributed by atoms with van der Waals surface area (Å²) in [6, 6.07) is 19.0. The Kier molecular flexibility index (Phi) is 4.48. The number of carbonyl (C=O) groups is 1. The van der Waals surface area contributed by atoms with E-state index in [0.717, 1.165) is 38.8 Å². The number of hydrogen-bond acceptors (Lipinski definition) is 3. The highest BCUT2D eigenvalue weighted by atomic mass is 35.5. The van der Waals surface area contributed by atoms with Crippen molar-refractivity contribution in [3.05, 3.63) is 82.4 Å². The molecule has 0 spiro atoms. The van der Waals surface area contributed by atoms with Crippen molar-refractivity contribution in [2.45, 2.75) is 13.5 Å². The number of nitrogens with zero attached hydrogens (tertiary/aromatic N) is 2. The molecular weight excluding hydrogens is 398 g/mol. The fourth-order valence-electron chi connectivity index (χ4n) is 3.54. The SMILES string of the molecule is Cc1cc(Cl)ccc1CNC(=O)c1ccc2nc(-c3n[nH]c4ccccc34)[nH]c2c1. The number of fused-ring (bicyclic) bond motifs is 2. The number of carbonyl (C=O) groups excluding carboxylic acids is 1. The van der Waals surface area contributed by atoms with Gasteiger partial charge in [0.2, 0.25) is 0 Å². The summed E-state index contributed by atoms with van der Waals surface area (Å²) in [5, 5.41) is 12.1. The van der Waals surface area contributed by atoms with Gasteiger partial charge in [0, 0.05) is 22.5 Å².